The minimum Gasteiger partial charge on any atom is -0.490 e. The molecule has 0 unspecified atom stereocenters. The molecule has 1 heterocycles. The number of allylic oxidation sites excluding steroid dienone is 1. The lowest BCUT2D eigenvalue weighted by Gasteiger charge is -2.65. The highest BCUT2D eigenvalue weighted by Gasteiger charge is 2.71. The Morgan fingerprint density at radius 3 is 2.53 bits per heavy atom. The first-order chi connectivity index (χ1) is 15.1. The highest BCUT2D eigenvalue weighted by atomic mass is 16.5. The van der Waals surface area contributed by atoms with Crippen LogP contribution in [0.5, 0.6) is 0 Å². The summed E-state index contributed by atoms with van der Waals surface area (Å²) in [4.78, 5) is 12.8. The van der Waals surface area contributed by atoms with Crippen LogP contribution < -0.4 is 0 Å². The van der Waals surface area contributed by atoms with Gasteiger partial charge in [0.2, 0.25) is 0 Å². The van der Waals surface area contributed by atoms with Gasteiger partial charge in [-0.1, -0.05) is 13.5 Å². The molecule has 4 saturated carbocycles. The molecule has 5 heteroatoms. The first kappa shape index (κ1) is 22.6. The summed E-state index contributed by atoms with van der Waals surface area (Å²) in [6, 6.07) is 0. The van der Waals surface area contributed by atoms with E-state index in [1.54, 1.807) is 0 Å². The SMILES string of the molecule is C=C1C=C([C@H]2CC[C@]3(O)[C@@H]4CC[C@]5(O)C[C@@H](OC(C)C)CC[C@]5(C=O)[C@H]4CC[C@]23C)CO1. The highest BCUT2D eigenvalue weighted by molar-refractivity contribution is 5.64. The van der Waals surface area contributed by atoms with E-state index in [-0.39, 0.29) is 35.4 Å². The summed E-state index contributed by atoms with van der Waals surface area (Å²) in [6.45, 7) is 10.8. The standard InChI is InChI=1S/C27H40O5/c1-17(2)32-20-5-10-25(16-28)22-6-9-24(4)21(19-13-18(3)31-15-19)8-12-27(24,30)23(22)7-11-26(25,29)14-20/h13,16-17,20-23,29-30H,3,5-12,14-15H2,1-2,4H3/t20-,21+,22-,23+,24+,25-,26-,27-/m0/s1. The molecule has 5 nitrogen and oxygen atoms in total. The van der Waals surface area contributed by atoms with E-state index < -0.39 is 16.6 Å². The van der Waals surface area contributed by atoms with Gasteiger partial charge in [0.05, 0.1) is 28.8 Å². The lowest BCUT2D eigenvalue weighted by Crippen LogP contribution is -2.69. The van der Waals surface area contributed by atoms with Gasteiger partial charge in [0.25, 0.3) is 0 Å². The van der Waals surface area contributed by atoms with E-state index in [2.05, 4.69) is 19.6 Å². The van der Waals surface area contributed by atoms with E-state index >= 15 is 0 Å². The summed E-state index contributed by atoms with van der Waals surface area (Å²) in [6.07, 6.45) is 10.0. The van der Waals surface area contributed by atoms with Crippen LogP contribution in [0, 0.1) is 28.6 Å². The number of fused-ring (bicyclic) bond motifs is 5. The van der Waals surface area contributed by atoms with Crippen LogP contribution in [0.2, 0.25) is 0 Å². The summed E-state index contributed by atoms with van der Waals surface area (Å²) in [5.74, 6) is 1.08. The third kappa shape index (κ3) is 2.89. The van der Waals surface area contributed by atoms with Crippen LogP contribution in [-0.4, -0.2) is 46.5 Å². The fourth-order valence-electron chi connectivity index (χ4n) is 8.90. The predicted octanol–water partition coefficient (Wildman–Crippen LogP) is 4.32. The van der Waals surface area contributed by atoms with Crippen LogP contribution in [-0.2, 0) is 14.3 Å². The number of aliphatic hydroxyl groups is 2. The van der Waals surface area contributed by atoms with Gasteiger partial charge in [0.15, 0.2) is 0 Å². The molecule has 5 rings (SSSR count). The van der Waals surface area contributed by atoms with Crippen molar-refractivity contribution < 1.29 is 24.5 Å². The van der Waals surface area contributed by atoms with Gasteiger partial charge in [-0.25, -0.2) is 0 Å². The van der Waals surface area contributed by atoms with Crippen molar-refractivity contribution in [1.29, 1.82) is 0 Å². The van der Waals surface area contributed by atoms with Gasteiger partial charge in [0.1, 0.15) is 18.7 Å². The molecule has 4 fully saturated rings. The number of hydrogen-bond acceptors (Lipinski definition) is 5. The zero-order chi connectivity index (χ0) is 22.9. The molecule has 4 aliphatic carbocycles. The molecule has 0 aromatic heterocycles. The van der Waals surface area contributed by atoms with Gasteiger partial charge in [-0.15, -0.1) is 0 Å². The Labute approximate surface area is 192 Å². The van der Waals surface area contributed by atoms with E-state index in [0.29, 0.717) is 25.9 Å². The molecule has 0 amide bonds. The molecule has 8 atom stereocenters. The Hall–Kier alpha value is -1.17. The quantitative estimate of drug-likeness (QED) is 0.632. The Kier molecular flexibility index (Phi) is 5.24. The molecule has 32 heavy (non-hydrogen) atoms. The molecular weight excluding hydrogens is 404 g/mol. The van der Waals surface area contributed by atoms with Gasteiger partial charge in [-0.3, -0.25) is 0 Å². The van der Waals surface area contributed by atoms with Crippen LogP contribution in [0.3, 0.4) is 0 Å². The minimum absolute atomic E-state index is 0.000156. The Bertz CT molecular complexity index is 834. The van der Waals surface area contributed by atoms with Crippen LogP contribution in [0.15, 0.2) is 24.0 Å². The first-order valence-corrected chi connectivity index (χ1v) is 12.7. The van der Waals surface area contributed by atoms with E-state index in [9.17, 15) is 15.0 Å². The molecule has 1 aliphatic heterocycles. The molecular formula is C27H40O5. The van der Waals surface area contributed by atoms with Gasteiger partial charge in [0, 0.05) is 11.8 Å². The second-order valence-corrected chi connectivity index (χ2v) is 11.9. The summed E-state index contributed by atoms with van der Waals surface area (Å²) in [5, 5.41) is 24.2. The molecule has 0 bridgehead atoms. The van der Waals surface area contributed by atoms with Crippen molar-refractivity contribution in [2.45, 2.75) is 102 Å². The zero-order valence-electron chi connectivity index (χ0n) is 19.9. The topological polar surface area (TPSA) is 76.0 Å². The van der Waals surface area contributed by atoms with Gasteiger partial charge < -0.3 is 24.5 Å². The Morgan fingerprint density at radius 1 is 1.12 bits per heavy atom. The van der Waals surface area contributed by atoms with E-state index in [0.717, 1.165) is 50.6 Å². The third-order valence-corrected chi connectivity index (χ3v) is 10.4. The van der Waals surface area contributed by atoms with Crippen LogP contribution in [0.4, 0.5) is 0 Å². The van der Waals surface area contributed by atoms with Crippen molar-refractivity contribution in [3.8, 4) is 0 Å². The molecule has 0 radical (unpaired) electrons. The number of rotatable bonds is 4. The van der Waals surface area contributed by atoms with Crippen LogP contribution in [0.25, 0.3) is 0 Å². The first-order valence-electron chi connectivity index (χ1n) is 12.7. The molecule has 0 spiro atoms. The van der Waals surface area contributed by atoms with Gasteiger partial charge >= 0.3 is 0 Å². The fourth-order valence-corrected chi connectivity index (χ4v) is 8.90. The third-order valence-electron chi connectivity index (χ3n) is 10.4. The maximum absolute atomic E-state index is 12.8. The van der Waals surface area contributed by atoms with Gasteiger partial charge in [-0.05, 0) is 94.6 Å². The smallest absolute Gasteiger partial charge is 0.129 e. The number of hydrogen-bond donors (Lipinski definition) is 2. The highest BCUT2D eigenvalue weighted by Crippen LogP contribution is 2.70. The van der Waals surface area contributed by atoms with Crippen molar-refractivity contribution in [3.63, 3.8) is 0 Å². The van der Waals surface area contributed by atoms with Crippen LogP contribution >= 0.6 is 0 Å². The number of carbonyl (C=O) groups is 1. The van der Waals surface area contributed by atoms with E-state index in [1.807, 2.05) is 13.8 Å². The molecule has 0 aromatic rings. The van der Waals surface area contributed by atoms with E-state index in [1.165, 1.54) is 5.57 Å². The maximum Gasteiger partial charge on any atom is 0.129 e. The summed E-state index contributed by atoms with van der Waals surface area (Å²) >= 11 is 0. The number of ether oxygens (including phenoxy) is 2. The zero-order valence-corrected chi connectivity index (χ0v) is 19.9. The maximum atomic E-state index is 12.8. The molecule has 0 aromatic carbocycles. The monoisotopic (exact) mass is 444 g/mol. The van der Waals surface area contributed by atoms with Crippen molar-refractivity contribution in [2.75, 3.05) is 6.61 Å². The normalized spacial score (nSPS) is 50.3. The Balaban J connectivity index is 1.46. The number of aldehydes is 1. The van der Waals surface area contributed by atoms with Crippen molar-refractivity contribution in [2.24, 2.45) is 28.6 Å². The fraction of sp³-hybridized carbons (Fsp3) is 0.815. The van der Waals surface area contributed by atoms with E-state index in [4.69, 9.17) is 9.47 Å². The predicted molar refractivity (Wildman–Crippen MR) is 122 cm³/mol. The average molecular weight is 445 g/mol. The van der Waals surface area contributed by atoms with Gasteiger partial charge in [-0.2, -0.15) is 0 Å². The molecule has 2 N–H and O–H groups in total. The Morgan fingerprint density at radius 2 is 1.88 bits per heavy atom. The second kappa shape index (κ2) is 7.41. The molecule has 178 valence electrons. The van der Waals surface area contributed by atoms with Crippen molar-refractivity contribution >= 4 is 6.29 Å². The largest absolute Gasteiger partial charge is 0.490 e. The van der Waals surface area contributed by atoms with Crippen LogP contribution in [0.1, 0.15) is 78.6 Å². The number of carbonyl (C=O) groups excluding carboxylic acids is 1. The average Bonchev–Trinajstić information content (AvgIpc) is 3.27. The summed E-state index contributed by atoms with van der Waals surface area (Å²) in [7, 11) is 0. The molecule has 0 saturated heterocycles. The molecule has 5 aliphatic rings. The summed E-state index contributed by atoms with van der Waals surface area (Å²) < 4.78 is 11.7. The van der Waals surface area contributed by atoms with Crippen molar-refractivity contribution in [1.82, 2.24) is 0 Å². The van der Waals surface area contributed by atoms with Crippen molar-refractivity contribution in [3.05, 3.63) is 24.0 Å². The second-order valence-electron chi connectivity index (χ2n) is 11.9. The summed E-state index contributed by atoms with van der Waals surface area (Å²) in [5.41, 5.74) is -1.59. The lowest BCUT2D eigenvalue weighted by atomic mass is 9.41. The minimum atomic E-state index is -1.03. The lowest BCUT2D eigenvalue weighted by molar-refractivity contribution is -0.252.